The van der Waals surface area contributed by atoms with Crippen LogP contribution in [0.25, 0.3) is 0 Å². The Hall–Kier alpha value is -2.11. The third-order valence-electron chi connectivity index (χ3n) is 6.11. The summed E-state index contributed by atoms with van der Waals surface area (Å²) in [6, 6.07) is 12.7. The van der Waals surface area contributed by atoms with Gasteiger partial charge in [-0.25, -0.2) is 4.39 Å². The maximum atomic E-state index is 13.7. The normalized spacial score (nSPS) is 23.2. The number of likely N-dealkylation sites (tertiary alicyclic amines) is 1. The summed E-state index contributed by atoms with van der Waals surface area (Å²) in [5.74, 6) is 0.635. The quantitative estimate of drug-likeness (QED) is 0.757. The van der Waals surface area contributed by atoms with Gasteiger partial charge in [0.1, 0.15) is 11.6 Å². The molecule has 2 atom stereocenters. The minimum absolute atomic E-state index is 0.0336. The molecule has 2 aliphatic heterocycles. The molecule has 0 spiro atoms. The van der Waals surface area contributed by atoms with Gasteiger partial charge in [0.2, 0.25) is 0 Å². The highest BCUT2D eigenvalue weighted by atomic mass is 35.5. The van der Waals surface area contributed by atoms with Crippen molar-refractivity contribution in [2.75, 3.05) is 19.7 Å². The molecule has 0 saturated carbocycles. The van der Waals surface area contributed by atoms with Crippen LogP contribution < -0.4 is 10.1 Å². The van der Waals surface area contributed by atoms with Crippen molar-refractivity contribution in [3.63, 3.8) is 0 Å². The molecule has 0 bridgehead atoms. The molecule has 1 fully saturated rings. The molecule has 0 aromatic heterocycles. The Labute approximate surface area is 182 Å². The van der Waals surface area contributed by atoms with E-state index < -0.39 is 0 Å². The van der Waals surface area contributed by atoms with Crippen LogP contribution >= 0.6 is 11.6 Å². The van der Waals surface area contributed by atoms with E-state index >= 15 is 0 Å². The second-order valence-corrected chi connectivity index (χ2v) is 8.81. The van der Waals surface area contributed by atoms with Crippen LogP contribution in [0, 0.1) is 11.7 Å². The van der Waals surface area contributed by atoms with Crippen molar-refractivity contribution in [3.8, 4) is 5.75 Å². The highest BCUT2D eigenvalue weighted by molar-refractivity contribution is 6.30. The molecular formula is C24H28ClFN2O2. The number of aryl methyl sites for hydroxylation is 1. The van der Waals surface area contributed by atoms with Gasteiger partial charge in [-0.2, -0.15) is 0 Å². The van der Waals surface area contributed by atoms with E-state index in [9.17, 15) is 9.18 Å². The lowest BCUT2D eigenvalue weighted by atomic mass is 9.87. The standard InChI is InChI=1S/C24H28ClFN2O2/c25-20-7-3-4-17(12-20)14-28-11-10-22-19(15-28)6-2-1-5-18-13-21(26)8-9-23(18)30-16-24(29)27-22/h3-4,7-9,12-13,19,22H,1-2,5-6,10-11,14-16H2,(H,27,29)/t19-,22+/m1/s1. The summed E-state index contributed by atoms with van der Waals surface area (Å²) in [7, 11) is 0. The number of piperidine rings is 1. The number of hydrogen-bond acceptors (Lipinski definition) is 3. The van der Waals surface area contributed by atoms with Gasteiger partial charge >= 0.3 is 0 Å². The van der Waals surface area contributed by atoms with Crippen LogP contribution in [-0.4, -0.2) is 36.5 Å². The van der Waals surface area contributed by atoms with E-state index in [2.05, 4.69) is 16.3 Å². The molecule has 2 aliphatic rings. The number of amides is 1. The Morgan fingerprint density at radius 2 is 2.07 bits per heavy atom. The number of halogens is 2. The summed E-state index contributed by atoms with van der Waals surface area (Å²) in [6.45, 7) is 2.72. The Morgan fingerprint density at radius 3 is 2.93 bits per heavy atom. The largest absolute Gasteiger partial charge is 0.483 e. The first kappa shape index (κ1) is 21.1. The van der Waals surface area contributed by atoms with Crippen molar-refractivity contribution in [2.24, 2.45) is 5.92 Å². The van der Waals surface area contributed by atoms with Gasteiger partial charge in [0, 0.05) is 30.7 Å². The Morgan fingerprint density at radius 1 is 1.17 bits per heavy atom. The molecule has 30 heavy (non-hydrogen) atoms. The third kappa shape index (κ3) is 5.52. The maximum Gasteiger partial charge on any atom is 0.258 e. The van der Waals surface area contributed by atoms with E-state index in [-0.39, 0.29) is 24.4 Å². The fourth-order valence-corrected chi connectivity index (χ4v) is 4.84. The molecule has 2 aromatic rings. The van der Waals surface area contributed by atoms with E-state index in [0.717, 1.165) is 62.3 Å². The fourth-order valence-electron chi connectivity index (χ4n) is 4.63. The third-order valence-corrected chi connectivity index (χ3v) is 6.35. The van der Waals surface area contributed by atoms with Gasteiger partial charge in [0.15, 0.2) is 6.61 Å². The van der Waals surface area contributed by atoms with Gasteiger partial charge in [-0.15, -0.1) is 0 Å². The van der Waals surface area contributed by atoms with Crippen molar-refractivity contribution >= 4 is 17.5 Å². The average molecular weight is 431 g/mol. The molecular weight excluding hydrogens is 403 g/mol. The van der Waals surface area contributed by atoms with Gasteiger partial charge < -0.3 is 10.1 Å². The van der Waals surface area contributed by atoms with Crippen LogP contribution in [-0.2, 0) is 17.8 Å². The zero-order valence-electron chi connectivity index (χ0n) is 17.1. The molecule has 1 saturated heterocycles. The molecule has 4 rings (SSSR count). The number of nitrogens with zero attached hydrogens (tertiary/aromatic N) is 1. The van der Waals surface area contributed by atoms with Crippen LogP contribution in [0.5, 0.6) is 5.75 Å². The van der Waals surface area contributed by atoms with Crippen LogP contribution in [0.2, 0.25) is 5.02 Å². The molecule has 2 heterocycles. The van der Waals surface area contributed by atoms with Crippen molar-refractivity contribution in [3.05, 3.63) is 64.4 Å². The lowest BCUT2D eigenvalue weighted by Gasteiger charge is -2.39. The topological polar surface area (TPSA) is 41.6 Å². The molecule has 4 nitrogen and oxygen atoms in total. The smallest absolute Gasteiger partial charge is 0.258 e. The number of nitrogens with one attached hydrogen (secondary N) is 1. The van der Waals surface area contributed by atoms with Crippen molar-refractivity contribution in [2.45, 2.75) is 44.7 Å². The minimum atomic E-state index is -0.266. The average Bonchev–Trinajstić information content (AvgIpc) is 2.71. The fraction of sp³-hybridized carbons (Fsp3) is 0.458. The first-order chi connectivity index (χ1) is 14.6. The Bertz CT molecular complexity index is 891. The lowest BCUT2D eigenvalue weighted by Crippen LogP contribution is -2.51. The lowest BCUT2D eigenvalue weighted by molar-refractivity contribution is -0.124. The van der Waals surface area contributed by atoms with E-state index in [4.69, 9.17) is 16.3 Å². The molecule has 160 valence electrons. The molecule has 0 radical (unpaired) electrons. The highest BCUT2D eigenvalue weighted by Crippen LogP contribution is 2.27. The molecule has 0 aliphatic carbocycles. The van der Waals surface area contributed by atoms with Crippen LogP contribution in [0.15, 0.2) is 42.5 Å². The highest BCUT2D eigenvalue weighted by Gasteiger charge is 2.30. The van der Waals surface area contributed by atoms with Gasteiger partial charge in [-0.3, -0.25) is 9.69 Å². The van der Waals surface area contributed by atoms with Gasteiger partial charge in [0.25, 0.3) is 5.91 Å². The van der Waals surface area contributed by atoms with Crippen LogP contribution in [0.1, 0.15) is 36.8 Å². The number of fused-ring (bicyclic) bond motifs is 2. The van der Waals surface area contributed by atoms with Gasteiger partial charge in [-0.1, -0.05) is 30.2 Å². The summed E-state index contributed by atoms with van der Waals surface area (Å²) >= 11 is 6.14. The predicted octanol–water partition coefficient (Wildman–Crippen LogP) is 4.59. The van der Waals surface area contributed by atoms with E-state index in [1.165, 1.54) is 17.7 Å². The summed E-state index contributed by atoms with van der Waals surface area (Å²) < 4.78 is 19.4. The number of hydrogen-bond donors (Lipinski definition) is 1. The number of carbonyl (C=O) groups excluding carboxylic acids is 1. The molecule has 1 N–H and O–H groups in total. The predicted molar refractivity (Wildman–Crippen MR) is 116 cm³/mol. The van der Waals surface area contributed by atoms with Crippen molar-refractivity contribution in [1.29, 1.82) is 0 Å². The minimum Gasteiger partial charge on any atom is -0.483 e. The molecule has 6 heteroatoms. The Kier molecular flexibility index (Phi) is 6.90. The molecule has 2 aromatic carbocycles. The van der Waals surface area contributed by atoms with Crippen molar-refractivity contribution in [1.82, 2.24) is 10.2 Å². The van der Waals surface area contributed by atoms with Crippen LogP contribution in [0.3, 0.4) is 0 Å². The van der Waals surface area contributed by atoms with Gasteiger partial charge in [-0.05, 0) is 73.1 Å². The SMILES string of the molecule is O=C1COc2ccc(F)cc2CCCC[C@@H]2CN(Cc3cccc(Cl)c3)CC[C@@H]2N1. The zero-order valence-corrected chi connectivity index (χ0v) is 17.8. The summed E-state index contributed by atoms with van der Waals surface area (Å²) in [6.07, 6.45) is 4.75. The number of rotatable bonds is 2. The van der Waals surface area contributed by atoms with Crippen LogP contribution in [0.4, 0.5) is 4.39 Å². The monoisotopic (exact) mass is 430 g/mol. The first-order valence-corrected chi connectivity index (χ1v) is 11.1. The second-order valence-electron chi connectivity index (χ2n) is 8.37. The number of benzene rings is 2. The maximum absolute atomic E-state index is 13.7. The molecule has 1 amide bonds. The summed E-state index contributed by atoms with van der Waals surface area (Å²) in [5, 5.41) is 3.95. The summed E-state index contributed by atoms with van der Waals surface area (Å²) in [5.41, 5.74) is 2.05. The van der Waals surface area contributed by atoms with E-state index in [1.54, 1.807) is 6.07 Å². The first-order valence-electron chi connectivity index (χ1n) is 10.7. The van der Waals surface area contributed by atoms with E-state index in [0.29, 0.717) is 11.7 Å². The van der Waals surface area contributed by atoms with Gasteiger partial charge in [0.05, 0.1) is 0 Å². The zero-order chi connectivity index (χ0) is 20.9. The number of ether oxygens (including phenoxy) is 1. The number of carbonyl (C=O) groups is 1. The Balaban J connectivity index is 1.42. The van der Waals surface area contributed by atoms with E-state index in [1.807, 2.05) is 18.2 Å². The van der Waals surface area contributed by atoms with Crippen molar-refractivity contribution < 1.29 is 13.9 Å². The second kappa shape index (κ2) is 9.80. The summed E-state index contributed by atoms with van der Waals surface area (Å²) in [4.78, 5) is 15.0. The molecule has 0 unspecified atom stereocenters.